The van der Waals surface area contributed by atoms with Crippen molar-refractivity contribution in [3.05, 3.63) is 60.8 Å². The fourth-order valence-electron chi connectivity index (χ4n) is 1.87. The van der Waals surface area contributed by atoms with Crippen LogP contribution in [0.1, 0.15) is 0 Å². The molecule has 0 atom stereocenters. The van der Waals surface area contributed by atoms with Crippen LogP contribution < -0.4 is 4.74 Å². The van der Waals surface area contributed by atoms with Crippen LogP contribution in [-0.2, 0) is 0 Å². The lowest BCUT2D eigenvalue weighted by Gasteiger charge is -2.02. The molecule has 0 bridgehead atoms. The first-order chi connectivity index (χ1) is 9.36. The normalized spacial score (nSPS) is 10.4. The van der Waals surface area contributed by atoms with E-state index in [-0.39, 0.29) is 0 Å². The van der Waals surface area contributed by atoms with Crippen molar-refractivity contribution in [3.63, 3.8) is 0 Å². The second-order valence-corrected chi connectivity index (χ2v) is 4.11. The highest BCUT2D eigenvalue weighted by Gasteiger charge is 2.04. The van der Waals surface area contributed by atoms with Crippen molar-refractivity contribution in [3.8, 4) is 22.7 Å². The second kappa shape index (κ2) is 4.94. The zero-order chi connectivity index (χ0) is 13.1. The van der Waals surface area contributed by atoms with E-state index < -0.39 is 0 Å². The van der Waals surface area contributed by atoms with Crippen LogP contribution in [0, 0.1) is 0 Å². The summed E-state index contributed by atoms with van der Waals surface area (Å²) in [5, 5.41) is 8.33. The molecule has 0 unspecified atom stereocenters. The van der Waals surface area contributed by atoms with Gasteiger partial charge >= 0.3 is 0 Å². The standard InChI is InChI=1S/C15H13N3O/c1-19-14-9-7-13(8-10-14)18-11-15(16-17-18)12-5-3-2-4-6-12/h2-11H,1H3. The number of methoxy groups -OCH3 is 1. The Kier molecular flexibility index (Phi) is 2.98. The summed E-state index contributed by atoms with van der Waals surface area (Å²) in [6, 6.07) is 17.7. The van der Waals surface area contributed by atoms with Gasteiger partial charge in [-0.1, -0.05) is 35.5 Å². The molecule has 0 saturated carbocycles. The maximum Gasteiger partial charge on any atom is 0.119 e. The van der Waals surface area contributed by atoms with Crippen LogP contribution in [0.5, 0.6) is 5.75 Å². The van der Waals surface area contributed by atoms with Crippen molar-refractivity contribution in [2.75, 3.05) is 7.11 Å². The summed E-state index contributed by atoms with van der Waals surface area (Å²) in [5.41, 5.74) is 2.87. The van der Waals surface area contributed by atoms with Gasteiger partial charge in [0.2, 0.25) is 0 Å². The largest absolute Gasteiger partial charge is 0.497 e. The van der Waals surface area contributed by atoms with E-state index in [9.17, 15) is 0 Å². The van der Waals surface area contributed by atoms with E-state index in [0.29, 0.717) is 0 Å². The van der Waals surface area contributed by atoms with Gasteiger partial charge in [-0.25, -0.2) is 4.68 Å². The molecule has 4 nitrogen and oxygen atoms in total. The minimum atomic E-state index is 0.826. The first-order valence-electron chi connectivity index (χ1n) is 5.99. The summed E-state index contributed by atoms with van der Waals surface area (Å²) < 4.78 is 6.89. The highest BCUT2D eigenvalue weighted by Crippen LogP contribution is 2.18. The molecule has 0 saturated heterocycles. The number of hydrogen-bond acceptors (Lipinski definition) is 3. The van der Waals surface area contributed by atoms with Gasteiger partial charge in [0, 0.05) is 5.56 Å². The minimum Gasteiger partial charge on any atom is -0.497 e. The number of aromatic nitrogens is 3. The van der Waals surface area contributed by atoms with E-state index in [2.05, 4.69) is 10.3 Å². The lowest BCUT2D eigenvalue weighted by Crippen LogP contribution is -1.94. The maximum absolute atomic E-state index is 5.13. The molecule has 0 radical (unpaired) electrons. The Hall–Kier alpha value is -2.62. The Labute approximate surface area is 111 Å². The van der Waals surface area contributed by atoms with Crippen LogP contribution in [0.15, 0.2) is 60.8 Å². The molecule has 0 fully saturated rings. The number of ether oxygens (including phenoxy) is 1. The average Bonchev–Trinajstić information content (AvgIpc) is 2.98. The van der Waals surface area contributed by atoms with Crippen molar-refractivity contribution in [2.45, 2.75) is 0 Å². The van der Waals surface area contributed by atoms with E-state index in [1.807, 2.05) is 60.8 Å². The van der Waals surface area contributed by atoms with Gasteiger partial charge in [0.15, 0.2) is 0 Å². The fraction of sp³-hybridized carbons (Fsp3) is 0.0667. The Morgan fingerprint density at radius 3 is 2.37 bits per heavy atom. The predicted molar refractivity (Wildman–Crippen MR) is 73.3 cm³/mol. The van der Waals surface area contributed by atoms with Crippen LogP contribution in [-0.4, -0.2) is 22.1 Å². The van der Waals surface area contributed by atoms with Crippen molar-refractivity contribution >= 4 is 0 Å². The third kappa shape index (κ3) is 2.33. The third-order valence-corrected chi connectivity index (χ3v) is 2.90. The molecule has 3 aromatic rings. The Balaban J connectivity index is 1.92. The molecule has 0 aliphatic heterocycles. The molecule has 0 aliphatic carbocycles. The lowest BCUT2D eigenvalue weighted by atomic mass is 10.2. The molecule has 0 amide bonds. The van der Waals surface area contributed by atoms with E-state index in [1.54, 1.807) is 11.8 Å². The summed E-state index contributed by atoms with van der Waals surface area (Å²) in [4.78, 5) is 0. The summed E-state index contributed by atoms with van der Waals surface area (Å²) >= 11 is 0. The third-order valence-electron chi connectivity index (χ3n) is 2.90. The van der Waals surface area contributed by atoms with Gasteiger partial charge in [0.05, 0.1) is 19.0 Å². The highest BCUT2D eigenvalue weighted by molar-refractivity contribution is 5.57. The van der Waals surface area contributed by atoms with Gasteiger partial charge < -0.3 is 4.74 Å². The predicted octanol–water partition coefficient (Wildman–Crippen LogP) is 2.94. The minimum absolute atomic E-state index is 0.826. The van der Waals surface area contributed by atoms with Crippen LogP contribution in [0.25, 0.3) is 16.9 Å². The molecule has 19 heavy (non-hydrogen) atoms. The molecular weight excluding hydrogens is 238 g/mol. The molecule has 0 N–H and O–H groups in total. The van der Waals surface area contributed by atoms with Crippen LogP contribution in [0.2, 0.25) is 0 Å². The van der Waals surface area contributed by atoms with Crippen molar-refractivity contribution in [1.82, 2.24) is 15.0 Å². The summed E-state index contributed by atoms with van der Waals surface area (Å²) in [6.07, 6.45) is 1.91. The molecule has 0 aliphatic rings. The van der Waals surface area contributed by atoms with Gasteiger partial charge in [-0.05, 0) is 24.3 Å². The van der Waals surface area contributed by atoms with Crippen molar-refractivity contribution < 1.29 is 4.74 Å². The molecule has 0 spiro atoms. The van der Waals surface area contributed by atoms with Gasteiger partial charge in [-0.15, -0.1) is 5.10 Å². The van der Waals surface area contributed by atoms with E-state index in [1.165, 1.54) is 0 Å². The highest BCUT2D eigenvalue weighted by atomic mass is 16.5. The zero-order valence-corrected chi connectivity index (χ0v) is 10.5. The quantitative estimate of drug-likeness (QED) is 0.718. The van der Waals surface area contributed by atoms with Crippen LogP contribution >= 0.6 is 0 Å². The molecule has 94 valence electrons. The molecular formula is C15H13N3O. The second-order valence-electron chi connectivity index (χ2n) is 4.11. The van der Waals surface area contributed by atoms with E-state index in [4.69, 9.17) is 4.74 Å². The van der Waals surface area contributed by atoms with Gasteiger partial charge in [-0.3, -0.25) is 0 Å². The number of hydrogen-bond donors (Lipinski definition) is 0. The first kappa shape index (κ1) is 11.5. The smallest absolute Gasteiger partial charge is 0.119 e. The monoisotopic (exact) mass is 251 g/mol. The fourth-order valence-corrected chi connectivity index (χ4v) is 1.87. The van der Waals surface area contributed by atoms with Gasteiger partial charge in [0.1, 0.15) is 11.4 Å². The van der Waals surface area contributed by atoms with E-state index >= 15 is 0 Å². The number of benzene rings is 2. The van der Waals surface area contributed by atoms with Gasteiger partial charge in [0.25, 0.3) is 0 Å². The topological polar surface area (TPSA) is 39.9 Å². The van der Waals surface area contributed by atoms with Crippen LogP contribution in [0.4, 0.5) is 0 Å². The zero-order valence-electron chi connectivity index (χ0n) is 10.5. The molecule has 2 aromatic carbocycles. The van der Waals surface area contributed by atoms with Crippen molar-refractivity contribution in [2.24, 2.45) is 0 Å². The SMILES string of the molecule is COc1ccc(-n2cc(-c3ccccc3)nn2)cc1. The van der Waals surface area contributed by atoms with Crippen LogP contribution in [0.3, 0.4) is 0 Å². The maximum atomic E-state index is 5.13. The number of nitrogens with zero attached hydrogens (tertiary/aromatic N) is 3. The summed E-state index contributed by atoms with van der Waals surface area (Å²) in [6.45, 7) is 0. The molecule has 4 heteroatoms. The summed E-state index contributed by atoms with van der Waals surface area (Å²) in [5.74, 6) is 0.826. The lowest BCUT2D eigenvalue weighted by molar-refractivity contribution is 0.414. The first-order valence-corrected chi connectivity index (χ1v) is 5.99. The molecule has 1 heterocycles. The van der Waals surface area contributed by atoms with Crippen molar-refractivity contribution in [1.29, 1.82) is 0 Å². The molecule has 1 aromatic heterocycles. The van der Waals surface area contributed by atoms with E-state index in [0.717, 1.165) is 22.7 Å². The number of rotatable bonds is 3. The Morgan fingerprint density at radius 1 is 0.947 bits per heavy atom. The van der Waals surface area contributed by atoms with Gasteiger partial charge in [-0.2, -0.15) is 0 Å². The Bertz CT molecular complexity index is 659. The summed E-state index contributed by atoms with van der Waals surface area (Å²) in [7, 11) is 1.65. The average molecular weight is 251 g/mol. The molecule has 3 rings (SSSR count). The Morgan fingerprint density at radius 2 is 1.68 bits per heavy atom.